The molecule has 3 N–H and O–H groups in total. The van der Waals surface area contributed by atoms with E-state index in [0.29, 0.717) is 19.0 Å². The third-order valence-corrected chi connectivity index (χ3v) is 5.04. The van der Waals surface area contributed by atoms with Crippen LogP contribution < -0.4 is 11.1 Å². The summed E-state index contributed by atoms with van der Waals surface area (Å²) in [7, 11) is 0. The number of hydrogen-bond donors (Lipinski definition) is 2. The molecule has 3 aromatic heterocycles. The van der Waals surface area contributed by atoms with Gasteiger partial charge in [-0.05, 0) is 36.4 Å². The van der Waals surface area contributed by atoms with Gasteiger partial charge in [0.25, 0.3) is 0 Å². The van der Waals surface area contributed by atoms with Crippen molar-refractivity contribution < 1.29 is 4.42 Å². The van der Waals surface area contributed by atoms with E-state index in [1.807, 2.05) is 48.5 Å². The number of fused-ring (bicyclic) bond motifs is 1. The third-order valence-electron chi connectivity index (χ3n) is 3.98. The van der Waals surface area contributed by atoms with Gasteiger partial charge in [0.2, 0.25) is 0 Å². The van der Waals surface area contributed by atoms with Crippen LogP contribution in [0.15, 0.2) is 70.2 Å². The first kappa shape index (κ1) is 17.2. The first-order valence-electron chi connectivity index (χ1n) is 8.66. The number of nitrogens with zero attached hydrogens (tertiary/aromatic N) is 3. The van der Waals surface area contributed by atoms with Crippen molar-refractivity contribution in [3.05, 3.63) is 72.2 Å². The lowest BCUT2D eigenvalue weighted by Crippen LogP contribution is -2.33. The summed E-state index contributed by atoms with van der Waals surface area (Å²) in [5.74, 6) is 1.89. The monoisotopic (exact) mass is 377 g/mol. The number of nitrogens with one attached hydrogen (secondary N) is 1. The van der Waals surface area contributed by atoms with Crippen LogP contribution in [0.2, 0.25) is 0 Å². The number of nitrogens with two attached hydrogens (primary N) is 1. The van der Waals surface area contributed by atoms with Gasteiger partial charge in [-0.1, -0.05) is 18.2 Å². The van der Waals surface area contributed by atoms with E-state index in [-0.39, 0.29) is 0 Å². The van der Waals surface area contributed by atoms with Gasteiger partial charge >= 0.3 is 0 Å². The van der Waals surface area contributed by atoms with Crippen molar-refractivity contribution in [3.8, 4) is 10.8 Å². The van der Waals surface area contributed by atoms with Gasteiger partial charge in [-0.2, -0.15) is 0 Å². The van der Waals surface area contributed by atoms with Crippen molar-refractivity contribution in [2.75, 3.05) is 6.54 Å². The van der Waals surface area contributed by atoms with Gasteiger partial charge < -0.3 is 15.5 Å². The number of para-hydroxylation sites is 1. The Labute approximate surface area is 160 Å². The second kappa shape index (κ2) is 8.01. The number of furan rings is 1. The maximum atomic E-state index is 5.92. The number of benzene rings is 1. The molecular weight excluding hydrogens is 358 g/mol. The molecule has 0 spiro atoms. The van der Waals surface area contributed by atoms with Crippen LogP contribution in [0.4, 0.5) is 0 Å². The highest BCUT2D eigenvalue weighted by Gasteiger charge is 2.10. The van der Waals surface area contributed by atoms with Crippen molar-refractivity contribution in [3.63, 3.8) is 0 Å². The molecule has 4 aromatic rings. The number of aliphatic imine (C=N–C) groups is 1. The highest BCUT2D eigenvalue weighted by molar-refractivity contribution is 7.21. The van der Waals surface area contributed by atoms with Gasteiger partial charge in [0.15, 0.2) is 16.7 Å². The minimum Gasteiger partial charge on any atom is -0.457 e. The van der Waals surface area contributed by atoms with Gasteiger partial charge in [0, 0.05) is 24.9 Å². The molecule has 6 nitrogen and oxygen atoms in total. The van der Waals surface area contributed by atoms with E-state index in [2.05, 4.69) is 26.3 Å². The molecule has 3 heterocycles. The van der Waals surface area contributed by atoms with Crippen molar-refractivity contribution in [2.24, 2.45) is 10.7 Å². The zero-order valence-electron chi connectivity index (χ0n) is 14.6. The third kappa shape index (κ3) is 4.32. The summed E-state index contributed by atoms with van der Waals surface area (Å²) in [6.45, 7) is 1.06. The molecule has 4 rings (SSSR count). The number of guanidine groups is 1. The van der Waals surface area contributed by atoms with E-state index < -0.39 is 0 Å². The van der Waals surface area contributed by atoms with Crippen LogP contribution in [-0.2, 0) is 13.0 Å². The fourth-order valence-corrected chi connectivity index (χ4v) is 3.57. The molecule has 27 heavy (non-hydrogen) atoms. The molecule has 0 unspecified atom stereocenters. The SMILES string of the molecule is NC(=NCc1ccc(-c2nc3ccccc3s2)o1)NCCc1ccccn1. The summed E-state index contributed by atoms with van der Waals surface area (Å²) >= 11 is 1.61. The van der Waals surface area contributed by atoms with Crippen molar-refractivity contribution in [2.45, 2.75) is 13.0 Å². The molecule has 0 aliphatic carbocycles. The highest BCUT2D eigenvalue weighted by Crippen LogP contribution is 2.31. The summed E-state index contributed by atoms with van der Waals surface area (Å²) in [5, 5.41) is 3.96. The standard InChI is InChI=1S/C20H19N5OS/c21-20(23-12-10-14-5-3-4-11-22-14)24-13-15-8-9-17(26-15)19-25-16-6-1-2-7-18(16)27-19/h1-9,11H,10,12-13H2,(H3,21,23,24). The Balaban J connectivity index is 1.34. The molecule has 0 radical (unpaired) electrons. The lowest BCUT2D eigenvalue weighted by molar-refractivity contribution is 0.525. The number of pyridine rings is 1. The maximum absolute atomic E-state index is 5.92. The summed E-state index contributed by atoms with van der Waals surface area (Å²) in [6, 6.07) is 17.7. The van der Waals surface area contributed by atoms with Crippen molar-refractivity contribution in [1.82, 2.24) is 15.3 Å². The Morgan fingerprint density at radius 1 is 1.11 bits per heavy atom. The summed E-state index contributed by atoms with van der Waals surface area (Å²) in [5.41, 5.74) is 7.92. The second-order valence-corrected chi connectivity index (χ2v) is 6.98. The summed E-state index contributed by atoms with van der Waals surface area (Å²) in [6.07, 6.45) is 2.58. The lowest BCUT2D eigenvalue weighted by atomic mass is 10.3. The van der Waals surface area contributed by atoms with E-state index in [0.717, 1.165) is 38.9 Å². The molecule has 0 fully saturated rings. The number of hydrogen-bond acceptors (Lipinski definition) is 5. The molecule has 136 valence electrons. The molecule has 7 heteroatoms. The smallest absolute Gasteiger partial charge is 0.189 e. The first-order valence-corrected chi connectivity index (χ1v) is 9.48. The Bertz CT molecular complexity index is 1020. The fourth-order valence-electron chi connectivity index (χ4n) is 2.64. The van der Waals surface area contributed by atoms with E-state index in [1.54, 1.807) is 17.5 Å². The lowest BCUT2D eigenvalue weighted by Gasteiger charge is -2.04. The van der Waals surface area contributed by atoms with Gasteiger partial charge in [-0.3, -0.25) is 4.98 Å². The highest BCUT2D eigenvalue weighted by atomic mass is 32.1. The average molecular weight is 377 g/mol. The molecule has 0 saturated heterocycles. The summed E-state index contributed by atoms with van der Waals surface area (Å²) in [4.78, 5) is 13.2. The second-order valence-electron chi connectivity index (χ2n) is 5.95. The van der Waals surface area contributed by atoms with Gasteiger partial charge in [-0.15, -0.1) is 11.3 Å². The number of aromatic nitrogens is 2. The molecule has 0 aliphatic heterocycles. The molecule has 0 bridgehead atoms. The molecular formula is C20H19N5OS. The van der Waals surface area contributed by atoms with Crippen LogP contribution in [0.1, 0.15) is 11.5 Å². The number of rotatable bonds is 6. The van der Waals surface area contributed by atoms with Crippen LogP contribution in [0.3, 0.4) is 0 Å². The molecule has 0 aliphatic rings. The van der Waals surface area contributed by atoms with E-state index in [9.17, 15) is 0 Å². The molecule has 0 amide bonds. The van der Waals surface area contributed by atoms with Gasteiger partial charge in [0.05, 0.1) is 10.2 Å². The minimum absolute atomic E-state index is 0.382. The molecule has 1 aromatic carbocycles. The predicted molar refractivity (Wildman–Crippen MR) is 109 cm³/mol. The Morgan fingerprint density at radius 3 is 2.85 bits per heavy atom. The van der Waals surface area contributed by atoms with Crippen LogP contribution in [0.25, 0.3) is 21.0 Å². The largest absolute Gasteiger partial charge is 0.457 e. The Morgan fingerprint density at radius 2 is 2.00 bits per heavy atom. The Kier molecular flexibility index (Phi) is 5.11. The van der Waals surface area contributed by atoms with Crippen LogP contribution >= 0.6 is 11.3 Å². The van der Waals surface area contributed by atoms with E-state index >= 15 is 0 Å². The van der Waals surface area contributed by atoms with Crippen molar-refractivity contribution >= 4 is 27.5 Å². The van der Waals surface area contributed by atoms with Crippen LogP contribution in [0, 0.1) is 0 Å². The van der Waals surface area contributed by atoms with Gasteiger partial charge in [-0.25, -0.2) is 9.98 Å². The Hall–Kier alpha value is -3.19. The molecule has 0 saturated carbocycles. The topological polar surface area (TPSA) is 89.3 Å². The fraction of sp³-hybridized carbons (Fsp3) is 0.150. The normalized spacial score (nSPS) is 11.8. The molecule has 0 atom stereocenters. The maximum Gasteiger partial charge on any atom is 0.189 e. The quantitative estimate of drug-likeness (QED) is 0.396. The minimum atomic E-state index is 0.382. The number of thiazole rings is 1. The summed E-state index contributed by atoms with van der Waals surface area (Å²) < 4.78 is 7.01. The zero-order valence-corrected chi connectivity index (χ0v) is 15.4. The van der Waals surface area contributed by atoms with E-state index in [1.165, 1.54) is 0 Å². The predicted octanol–water partition coefficient (Wildman–Crippen LogP) is 3.60. The first-order chi connectivity index (χ1) is 13.3. The average Bonchev–Trinajstić information content (AvgIpc) is 3.34. The van der Waals surface area contributed by atoms with Crippen LogP contribution in [0.5, 0.6) is 0 Å². The van der Waals surface area contributed by atoms with Gasteiger partial charge in [0.1, 0.15) is 12.3 Å². The zero-order chi connectivity index (χ0) is 18.5. The van der Waals surface area contributed by atoms with Crippen molar-refractivity contribution in [1.29, 1.82) is 0 Å². The van der Waals surface area contributed by atoms with E-state index in [4.69, 9.17) is 10.2 Å². The van der Waals surface area contributed by atoms with Crippen LogP contribution in [-0.4, -0.2) is 22.5 Å².